The summed E-state index contributed by atoms with van der Waals surface area (Å²) in [6.07, 6.45) is -0.00767. The van der Waals surface area contributed by atoms with Crippen molar-refractivity contribution in [3.05, 3.63) is 35.4 Å². The highest BCUT2D eigenvalue weighted by atomic mass is 16.2. The Morgan fingerprint density at radius 2 is 1.55 bits per heavy atom. The van der Waals surface area contributed by atoms with Crippen molar-refractivity contribution in [2.75, 3.05) is 13.1 Å². The van der Waals surface area contributed by atoms with E-state index in [0.29, 0.717) is 11.1 Å². The van der Waals surface area contributed by atoms with Crippen LogP contribution in [0, 0.1) is 11.3 Å². The standard InChI is InChI=1S/C13H14N4O3/c14-6-10-3-1-9(2-4-10)5-13(20)17(7-11(15)18)8-12(16)19/h1-4H,5,7-8H2,(H2,15,18)(H2,16,19). The van der Waals surface area contributed by atoms with Crippen molar-refractivity contribution in [2.24, 2.45) is 11.5 Å². The lowest BCUT2D eigenvalue weighted by molar-refractivity contribution is -0.137. The number of hydrogen-bond donors (Lipinski definition) is 2. The molecule has 0 saturated heterocycles. The summed E-state index contributed by atoms with van der Waals surface area (Å²) in [5, 5.41) is 8.67. The van der Waals surface area contributed by atoms with E-state index < -0.39 is 17.7 Å². The normalized spacial score (nSPS) is 9.55. The van der Waals surface area contributed by atoms with Crippen molar-refractivity contribution >= 4 is 17.7 Å². The Bertz CT molecular complexity index is 544. The molecule has 0 aromatic heterocycles. The highest BCUT2D eigenvalue weighted by Crippen LogP contribution is 2.06. The maximum absolute atomic E-state index is 12.0. The first kappa shape index (κ1) is 15.2. The summed E-state index contributed by atoms with van der Waals surface area (Å²) in [5.74, 6) is -1.88. The minimum absolute atomic E-state index is 0.00767. The predicted molar refractivity (Wildman–Crippen MR) is 69.8 cm³/mol. The fourth-order valence-corrected chi connectivity index (χ4v) is 1.59. The molecule has 3 amide bonds. The van der Waals surface area contributed by atoms with Crippen molar-refractivity contribution in [2.45, 2.75) is 6.42 Å². The Labute approximate surface area is 115 Å². The molecule has 0 unspecified atom stereocenters. The lowest BCUT2D eigenvalue weighted by Crippen LogP contribution is -2.43. The van der Waals surface area contributed by atoms with Crippen molar-refractivity contribution < 1.29 is 14.4 Å². The summed E-state index contributed by atoms with van der Waals surface area (Å²) in [5.41, 5.74) is 11.2. The number of nitrogens with two attached hydrogens (primary N) is 2. The van der Waals surface area contributed by atoms with Crippen LogP contribution in [-0.4, -0.2) is 35.7 Å². The quantitative estimate of drug-likeness (QED) is 0.681. The van der Waals surface area contributed by atoms with Gasteiger partial charge in [0, 0.05) is 0 Å². The molecule has 0 fully saturated rings. The van der Waals surface area contributed by atoms with Gasteiger partial charge in [-0.1, -0.05) is 12.1 Å². The first-order chi connectivity index (χ1) is 9.42. The summed E-state index contributed by atoms with van der Waals surface area (Å²) >= 11 is 0. The Morgan fingerprint density at radius 3 is 1.95 bits per heavy atom. The zero-order valence-electron chi connectivity index (χ0n) is 10.7. The molecule has 0 aliphatic carbocycles. The molecule has 7 heteroatoms. The van der Waals surface area contributed by atoms with E-state index in [2.05, 4.69) is 0 Å². The molecule has 20 heavy (non-hydrogen) atoms. The maximum Gasteiger partial charge on any atom is 0.237 e. The van der Waals surface area contributed by atoms with E-state index >= 15 is 0 Å². The van der Waals surface area contributed by atoms with Gasteiger partial charge in [-0.05, 0) is 17.7 Å². The number of benzene rings is 1. The van der Waals surface area contributed by atoms with Gasteiger partial charge in [-0.2, -0.15) is 5.26 Å². The number of amides is 3. The van der Waals surface area contributed by atoms with E-state index in [4.69, 9.17) is 16.7 Å². The van der Waals surface area contributed by atoms with Gasteiger partial charge in [-0.3, -0.25) is 14.4 Å². The van der Waals surface area contributed by atoms with Gasteiger partial charge in [0.25, 0.3) is 0 Å². The Morgan fingerprint density at radius 1 is 1.05 bits per heavy atom. The molecule has 4 N–H and O–H groups in total. The van der Waals surface area contributed by atoms with E-state index in [1.165, 1.54) is 0 Å². The molecule has 0 radical (unpaired) electrons. The molecule has 0 saturated carbocycles. The fraction of sp³-hybridized carbons (Fsp3) is 0.231. The lowest BCUT2D eigenvalue weighted by Gasteiger charge is -2.19. The van der Waals surface area contributed by atoms with Gasteiger partial charge in [-0.25, -0.2) is 0 Å². The number of carbonyl (C=O) groups excluding carboxylic acids is 3. The molecule has 1 aromatic rings. The van der Waals surface area contributed by atoms with Gasteiger partial charge >= 0.3 is 0 Å². The van der Waals surface area contributed by atoms with Crippen LogP contribution in [0.3, 0.4) is 0 Å². The summed E-state index contributed by atoms with van der Waals surface area (Å²) < 4.78 is 0. The Hall–Kier alpha value is -2.88. The minimum Gasteiger partial charge on any atom is -0.368 e. The minimum atomic E-state index is -0.723. The molecular formula is C13H14N4O3. The van der Waals surface area contributed by atoms with Crippen LogP contribution < -0.4 is 11.5 Å². The molecular weight excluding hydrogens is 260 g/mol. The summed E-state index contributed by atoms with van der Waals surface area (Å²) in [6, 6.07) is 8.38. The second-order valence-electron chi connectivity index (χ2n) is 4.17. The monoisotopic (exact) mass is 274 g/mol. The average molecular weight is 274 g/mol. The van der Waals surface area contributed by atoms with Gasteiger partial charge in [0.2, 0.25) is 17.7 Å². The number of hydrogen-bond acceptors (Lipinski definition) is 4. The first-order valence-electron chi connectivity index (χ1n) is 5.75. The molecule has 0 aliphatic heterocycles. The molecule has 0 spiro atoms. The zero-order valence-corrected chi connectivity index (χ0v) is 10.7. The van der Waals surface area contributed by atoms with E-state index in [0.717, 1.165) is 4.90 Å². The second kappa shape index (κ2) is 6.89. The molecule has 0 aliphatic rings. The third-order valence-corrected chi connectivity index (χ3v) is 2.48. The summed E-state index contributed by atoms with van der Waals surface area (Å²) in [7, 11) is 0. The van der Waals surface area contributed by atoms with Crippen LogP contribution in [0.15, 0.2) is 24.3 Å². The van der Waals surface area contributed by atoms with E-state index in [9.17, 15) is 14.4 Å². The third kappa shape index (κ3) is 4.78. The van der Waals surface area contributed by atoms with Gasteiger partial charge in [0.1, 0.15) is 0 Å². The van der Waals surface area contributed by atoms with Crippen LogP contribution in [0.2, 0.25) is 0 Å². The maximum atomic E-state index is 12.0. The zero-order chi connectivity index (χ0) is 15.1. The summed E-state index contributed by atoms with van der Waals surface area (Å²) in [4.78, 5) is 34.7. The van der Waals surface area contributed by atoms with Crippen LogP contribution in [0.1, 0.15) is 11.1 Å². The number of nitriles is 1. The Kier molecular flexibility index (Phi) is 5.23. The predicted octanol–water partition coefficient (Wildman–Crippen LogP) is -1.10. The SMILES string of the molecule is N#Cc1ccc(CC(=O)N(CC(N)=O)CC(N)=O)cc1. The molecule has 7 nitrogen and oxygen atoms in total. The summed E-state index contributed by atoms with van der Waals surface area (Å²) in [6.45, 7) is -0.726. The van der Waals surface area contributed by atoms with Crippen molar-refractivity contribution in [1.82, 2.24) is 4.90 Å². The number of carbonyl (C=O) groups is 3. The fourth-order valence-electron chi connectivity index (χ4n) is 1.59. The van der Waals surface area contributed by atoms with E-state index in [1.807, 2.05) is 6.07 Å². The smallest absolute Gasteiger partial charge is 0.237 e. The van der Waals surface area contributed by atoms with E-state index in [-0.39, 0.29) is 19.5 Å². The highest BCUT2D eigenvalue weighted by molar-refractivity contribution is 5.89. The van der Waals surface area contributed by atoms with Gasteiger partial charge < -0.3 is 16.4 Å². The topological polar surface area (TPSA) is 130 Å². The molecule has 104 valence electrons. The van der Waals surface area contributed by atoms with Crippen LogP contribution >= 0.6 is 0 Å². The van der Waals surface area contributed by atoms with Gasteiger partial charge in [-0.15, -0.1) is 0 Å². The van der Waals surface area contributed by atoms with Crippen LogP contribution in [0.5, 0.6) is 0 Å². The molecule has 1 rings (SSSR count). The van der Waals surface area contributed by atoms with Crippen LogP contribution in [0.4, 0.5) is 0 Å². The average Bonchev–Trinajstić information content (AvgIpc) is 2.37. The van der Waals surface area contributed by atoms with Crippen molar-refractivity contribution in [3.8, 4) is 6.07 Å². The number of primary amides is 2. The molecule has 0 heterocycles. The number of nitrogens with zero attached hydrogens (tertiary/aromatic N) is 2. The highest BCUT2D eigenvalue weighted by Gasteiger charge is 2.18. The van der Waals surface area contributed by atoms with E-state index in [1.54, 1.807) is 24.3 Å². The second-order valence-corrected chi connectivity index (χ2v) is 4.17. The third-order valence-electron chi connectivity index (χ3n) is 2.48. The largest absolute Gasteiger partial charge is 0.368 e. The van der Waals surface area contributed by atoms with Crippen molar-refractivity contribution in [3.63, 3.8) is 0 Å². The van der Waals surface area contributed by atoms with Crippen LogP contribution in [-0.2, 0) is 20.8 Å². The van der Waals surface area contributed by atoms with Gasteiger partial charge in [0.15, 0.2) is 0 Å². The molecule has 0 bridgehead atoms. The van der Waals surface area contributed by atoms with Crippen molar-refractivity contribution in [1.29, 1.82) is 5.26 Å². The molecule has 0 atom stereocenters. The first-order valence-corrected chi connectivity index (χ1v) is 5.75. The van der Waals surface area contributed by atoms with Gasteiger partial charge in [0.05, 0.1) is 31.1 Å². The van der Waals surface area contributed by atoms with Crippen LogP contribution in [0.25, 0.3) is 0 Å². The Balaban J connectivity index is 2.76. The molecule has 1 aromatic carbocycles. The number of rotatable bonds is 6. The lowest BCUT2D eigenvalue weighted by atomic mass is 10.1.